The molecule has 0 aliphatic heterocycles. The Morgan fingerprint density at radius 1 is 1.12 bits per heavy atom. The zero-order valence-corrected chi connectivity index (χ0v) is 12.4. The van der Waals surface area contributed by atoms with Crippen LogP contribution in [-0.4, -0.2) is 0 Å². The average Bonchev–Trinajstić information content (AvgIpc) is 2.27. The minimum Gasteiger partial charge on any atom is -0.397 e. The fourth-order valence-corrected chi connectivity index (χ4v) is 2.35. The summed E-state index contributed by atoms with van der Waals surface area (Å²) in [7, 11) is 0. The first-order valence-corrected chi connectivity index (χ1v) is 6.70. The van der Waals surface area contributed by atoms with Crippen molar-refractivity contribution in [3.8, 4) is 0 Å². The van der Waals surface area contributed by atoms with Crippen LogP contribution in [0, 0.1) is 9.39 Å². The molecule has 0 amide bonds. The van der Waals surface area contributed by atoms with Gasteiger partial charge in [0.15, 0.2) is 0 Å². The predicted molar refractivity (Wildman–Crippen MR) is 81.0 cm³/mol. The molecule has 0 aromatic heterocycles. The van der Waals surface area contributed by atoms with Gasteiger partial charge in [-0.2, -0.15) is 0 Å². The van der Waals surface area contributed by atoms with Crippen molar-refractivity contribution in [3.05, 3.63) is 50.3 Å². The lowest BCUT2D eigenvalue weighted by atomic mass is 10.2. The molecule has 2 nitrogen and oxygen atoms in total. The summed E-state index contributed by atoms with van der Waals surface area (Å²) >= 11 is 5.46. The molecule has 2 rings (SSSR count). The van der Waals surface area contributed by atoms with Crippen LogP contribution in [0.5, 0.6) is 0 Å². The first-order valence-electron chi connectivity index (χ1n) is 4.83. The normalized spacial score (nSPS) is 10.3. The van der Waals surface area contributed by atoms with Crippen LogP contribution < -0.4 is 11.1 Å². The largest absolute Gasteiger partial charge is 0.397 e. The predicted octanol–water partition coefficient (Wildman–Crippen LogP) is 4.52. The molecule has 0 spiro atoms. The first-order chi connectivity index (χ1) is 8.06. The summed E-state index contributed by atoms with van der Waals surface area (Å²) < 4.78 is 14.7. The van der Waals surface area contributed by atoms with E-state index in [1.54, 1.807) is 6.07 Å². The number of anilines is 3. The molecule has 0 unspecified atom stereocenters. The van der Waals surface area contributed by atoms with E-state index in [1.165, 1.54) is 12.1 Å². The Labute approximate surface area is 121 Å². The van der Waals surface area contributed by atoms with E-state index in [2.05, 4.69) is 43.8 Å². The van der Waals surface area contributed by atoms with E-state index in [4.69, 9.17) is 5.73 Å². The number of rotatable bonds is 2. The molecule has 0 saturated heterocycles. The minimum atomic E-state index is -0.248. The molecule has 0 atom stereocenters. The lowest BCUT2D eigenvalue weighted by Gasteiger charge is -2.11. The fraction of sp³-hybridized carbons (Fsp3) is 0. The van der Waals surface area contributed by atoms with E-state index in [-0.39, 0.29) is 5.82 Å². The average molecular weight is 407 g/mol. The van der Waals surface area contributed by atoms with Gasteiger partial charge in [0, 0.05) is 8.04 Å². The van der Waals surface area contributed by atoms with Crippen molar-refractivity contribution in [1.29, 1.82) is 0 Å². The van der Waals surface area contributed by atoms with Crippen molar-refractivity contribution in [3.63, 3.8) is 0 Å². The van der Waals surface area contributed by atoms with Crippen molar-refractivity contribution < 1.29 is 4.39 Å². The zero-order valence-electron chi connectivity index (χ0n) is 8.68. The second kappa shape index (κ2) is 5.22. The second-order valence-electron chi connectivity index (χ2n) is 3.48. The van der Waals surface area contributed by atoms with Gasteiger partial charge in [-0.3, -0.25) is 0 Å². The molecule has 0 bridgehead atoms. The SMILES string of the molecule is Nc1ccc(Br)cc1Nc1ccc(F)cc1I. The van der Waals surface area contributed by atoms with Crippen molar-refractivity contribution in [2.75, 3.05) is 11.1 Å². The molecule has 0 heterocycles. The Hall–Kier alpha value is -0.820. The van der Waals surface area contributed by atoms with Gasteiger partial charge in [0.25, 0.3) is 0 Å². The quantitative estimate of drug-likeness (QED) is 0.568. The lowest BCUT2D eigenvalue weighted by molar-refractivity contribution is 0.627. The highest BCUT2D eigenvalue weighted by Crippen LogP contribution is 2.29. The smallest absolute Gasteiger partial charge is 0.124 e. The Morgan fingerprint density at radius 2 is 1.88 bits per heavy atom. The highest BCUT2D eigenvalue weighted by atomic mass is 127. The van der Waals surface area contributed by atoms with E-state index >= 15 is 0 Å². The maximum absolute atomic E-state index is 13.0. The van der Waals surface area contributed by atoms with Crippen LogP contribution in [0.3, 0.4) is 0 Å². The van der Waals surface area contributed by atoms with E-state index in [9.17, 15) is 4.39 Å². The summed E-state index contributed by atoms with van der Waals surface area (Å²) in [5, 5.41) is 3.18. The topological polar surface area (TPSA) is 38.0 Å². The number of hydrogen-bond donors (Lipinski definition) is 2. The Kier molecular flexibility index (Phi) is 3.88. The summed E-state index contributed by atoms with van der Waals surface area (Å²) in [6, 6.07) is 10.1. The van der Waals surface area contributed by atoms with Crippen LogP contribution in [0.25, 0.3) is 0 Å². The number of halogens is 3. The molecule has 0 radical (unpaired) electrons. The molecule has 3 N–H and O–H groups in total. The lowest BCUT2D eigenvalue weighted by Crippen LogP contribution is -1.98. The Bertz CT molecular complexity index is 560. The van der Waals surface area contributed by atoms with Gasteiger partial charge in [-0.25, -0.2) is 4.39 Å². The van der Waals surface area contributed by atoms with Gasteiger partial charge < -0.3 is 11.1 Å². The molecule has 0 aliphatic carbocycles. The highest BCUT2D eigenvalue weighted by Gasteiger charge is 2.04. The molecule has 0 saturated carbocycles. The molecule has 2 aromatic rings. The first kappa shape index (κ1) is 12.6. The van der Waals surface area contributed by atoms with Crippen LogP contribution >= 0.6 is 38.5 Å². The Morgan fingerprint density at radius 3 is 2.59 bits per heavy atom. The van der Waals surface area contributed by atoms with Crippen molar-refractivity contribution >= 4 is 55.6 Å². The van der Waals surface area contributed by atoms with Crippen LogP contribution in [0.1, 0.15) is 0 Å². The number of nitrogens with one attached hydrogen (secondary N) is 1. The molecule has 0 aliphatic rings. The summed E-state index contributed by atoms with van der Waals surface area (Å²) in [6.45, 7) is 0. The van der Waals surface area contributed by atoms with E-state index in [0.29, 0.717) is 5.69 Å². The molecule has 0 fully saturated rings. The summed E-state index contributed by atoms with van der Waals surface area (Å²) in [6.07, 6.45) is 0. The third-order valence-electron chi connectivity index (χ3n) is 2.22. The fourth-order valence-electron chi connectivity index (χ4n) is 1.37. The summed E-state index contributed by atoms with van der Waals surface area (Å²) in [4.78, 5) is 0. The van der Waals surface area contributed by atoms with Crippen molar-refractivity contribution in [2.45, 2.75) is 0 Å². The van der Waals surface area contributed by atoms with Gasteiger partial charge in [-0.1, -0.05) is 15.9 Å². The van der Waals surface area contributed by atoms with Crippen LogP contribution in [-0.2, 0) is 0 Å². The van der Waals surface area contributed by atoms with Crippen LogP contribution in [0.4, 0.5) is 21.5 Å². The third-order valence-corrected chi connectivity index (χ3v) is 3.60. The second-order valence-corrected chi connectivity index (χ2v) is 5.56. The zero-order chi connectivity index (χ0) is 12.4. The summed E-state index contributed by atoms with van der Waals surface area (Å²) in [5.74, 6) is -0.248. The standard InChI is InChI=1S/C12H9BrFIN2/c13-7-1-3-10(16)12(5-7)17-11-4-2-8(14)6-9(11)15/h1-6,17H,16H2. The van der Waals surface area contributed by atoms with E-state index in [1.807, 2.05) is 18.2 Å². The van der Waals surface area contributed by atoms with Gasteiger partial charge in [-0.15, -0.1) is 0 Å². The molecule has 5 heteroatoms. The van der Waals surface area contributed by atoms with Crippen LogP contribution in [0.15, 0.2) is 40.9 Å². The van der Waals surface area contributed by atoms with Crippen molar-refractivity contribution in [1.82, 2.24) is 0 Å². The maximum Gasteiger partial charge on any atom is 0.124 e. The number of hydrogen-bond acceptors (Lipinski definition) is 2. The molecular weight excluding hydrogens is 398 g/mol. The molecule has 17 heavy (non-hydrogen) atoms. The number of benzene rings is 2. The number of nitrogens with two attached hydrogens (primary N) is 1. The maximum atomic E-state index is 13.0. The van der Waals surface area contributed by atoms with Crippen molar-refractivity contribution in [2.24, 2.45) is 0 Å². The van der Waals surface area contributed by atoms with Gasteiger partial charge in [0.05, 0.1) is 17.1 Å². The van der Waals surface area contributed by atoms with E-state index < -0.39 is 0 Å². The third kappa shape index (κ3) is 3.10. The number of nitrogen functional groups attached to an aromatic ring is 1. The molecule has 88 valence electrons. The monoisotopic (exact) mass is 406 g/mol. The molecule has 2 aromatic carbocycles. The van der Waals surface area contributed by atoms with Crippen LogP contribution in [0.2, 0.25) is 0 Å². The highest BCUT2D eigenvalue weighted by molar-refractivity contribution is 14.1. The summed E-state index contributed by atoms with van der Waals surface area (Å²) in [5.41, 5.74) is 8.13. The van der Waals surface area contributed by atoms with Gasteiger partial charge in [0.2, 0.25) is 0 Å². The molecular formula is C12H9BrFIN2. The Balaban J connectivity index is 2.34. The minimum absolute atomic E-state index is 0.248. The van der Waals surface area contributed by atoms with E-state index in [0.717, 1.165) is 19.4 Å². The van der Waals surface area contributed by atoms with Gasteiger partial charge in [-0.05, 0) is 59.0 Å². The van der Waals surface area contributed by atoms with Gasteiger partial charge in [0.1, 0.15) is 5.82 Å². The van der Waals surface area contributed by atoms with Gasteiger partial charge >= 0.3 is 0 Å².